The first-order valence-corrected chi connectivity index (χ1v) is 9.85. The fraction of sp³-hybridized carbons (Fsp3) is 0.381. The molecule has 2 fully saturated rings. The zero-order valence-corrected chi connectivity index (χ0v) is 16.4. The molecule has 0 aliphatic carbocycles. The minimum atomic E-state index is -0.448. The summed E-state index contributed by atoms with van der Waals surface area (Å²) in [6.07, 6.45) is 4.08. The SMILES string of the molecule is NC(=O)c1ccnc(N2CCC3(CC2)CC(=O)N(Cc2ccc(Cl)cc2)C3)c1. The van der Waals surface area contributed by atoms with Gasteiger partial charge in [-0.2, -0.15) is 0 Å². The third kappa shape index (κ3) is 3.83. The molecular weight excluding hydrogens is 376 g/mol. The van der Waals surface area contributed by atoms with Crippen LogP contribution in [0.25, 0.3) is 0 Å². The van der Waals surface area contributed by atoms with Gasteiger partial charge in [-0.25, -0.2) is 4.98 Å². The molecule has 2 saturated heterocycles. The van der Waals surface area contributed by atoms with E-state index >= 15 is 0 Å². The molecule has 2 aromatic rings. The fourth-order valence-electron chi connectivity index (χ4n) is 4.23. The van der Waals surface area contributed by atoms with Gasteiger partial charge in [0, 0.05) is 54.8 Å². The van der Waals surface area contributed by atoms with Crippen LogP contribution in [0.5, 0.6) is 0 Å². The zero-order valence-electron chi connectivity index (χ0n) is 15.6. The first-order chi connectivity index (χ1) is 13.4. The molecule has 3 heterocycles. The molecule has 1 spiro atoms. The number of nitrogens with two attached hydrogens (primary N) is 1. The normalized spacial score (nSPS) is 18.7. The monoisotopic (exact) mass is 398 g/mol. The average Bonchev–Trinajstić information content (AvgIpc) is 2.99. The van der Waals surface area contributed by atoms with Gasteiger partial charge >= 0.3 is 0 Å². The van der Waals surface area contributed by atoms with E-state index in [-0.39, 0.29) is 11.3 Å². The van der Waals surface area contributed by atoms with E-state index in [1.54, 1.807) is 18.3 Å². The number of halogens is 1. The van der Waals surface area contributed by atoms with Gasteiger partial charge in [0.2, 0.25) is 11.8 Å². The van der Waals surface area contributed by atoms with Crippen LogP contribution in [-0.4, -0.2) is 41.3 Å². The number of amides is 2. The highest BCUT2D eigenvalue weighted by molar-refractivity contribution is 6.30. The van der Waals surface area contributed by atoms with Crippen molar-refractivity contribution in [1.82, 2.24) is 9.88 Å². The molecule has 6 nitrogen and oxygen atoms in total. The predicted octanol–water partition coefficient (Wildman–Crippen LogP) is 2.85. The first-order valence-electron chi connectivity index (χ1n) is 9.47. The fourth-order valence-corrected chi connectivity index (χ4v) is 4.35. The van der Waals surface area contributed by atoms with E-state index in [0.29, 0.717) is 23.6 Å². The van der Waals surface area contributed by atoms with Gasteiger partial charge in [0.25, 0.3) is 0 Å². The number of likely N-dealkylation sites (tertiary alicyclic amines) is 1. The van der Waals surface area contributed by atoms with E-state index in [2.05, 4.69) is 9.88 Å². The van der Waals surface area contributed by atoms with Crippen molar-refractivity contribution in [3.63, 3.8) is 0 Å². The topological polar surface area (TPSA) is 79.5 Å². The molecule has 146 valence electrons. The Hall–Kier alpha value is -2.60. The predicted molar refractivity (Wildman–Crippen MR) is 108 cm³/mol. The number of rotatable bonds is 4. The molecule has 2 N–H and O–H groups in total. The molecule has 0 saturated carbocycles. The maximum atomic E-state index is 12.6. The summed E-state index contributed by atoms with van der Waals surface area (Å²) in [5.74, 6) is 0.544. The van der Waals surface area contributed by atoms with E-state index < -0.39 is 5.91 Å². The second-order valence-electron chi connectivity index (χ2n) is 7.81. The molecule has 0 atom stereocenters. The molecule has 7 heteroatoms. The van der Waals surface area contributed by atoms with E-state index in [1.807, 2.05) is 29.2 Å². The Kier molecular flexibility index (Phi) is 4.98. The number of benzene rings is 1. The summed E-state index contributed by atoms with van der Waals surface area (Å²) in [6, 6.07) is 11.0. The van der Waals surface area contributed by atoms with Gasteiger partial charge in [0.1, 0.15) is 5.82 Å². The van der Waals surface area contributed by atoms with Gasteiger partial charge in [0.15, 0.2) is 0 Å². The van der Waals surface area contributed by atoms with Crippen LogP contribution in [0, 0.1) is 5.41 Å². The van der Waals surface area contributed by atoms with Gasteiger partial charge in [-0.15, -0.1) is 0 Å². The first kappa shape index (κ1) is 18.7. The number of anilines is 1. The molecule has 1 aromatic heterocycles. The maximum Gasteiger partial charge on any atom is 0.248 e. The van der Waals surface area contributed by atoms with Crippen molar-refractivity contribution in [2.24, 2.45) is 11.1 Å². The van der Waals surface area contributed by atoms with Crippen LogP contribution in [0.3, 0.4) is 0 Å². The van der Waals surface area contributed by atoms with Crippen molar-refractivity contribution >= 4 is 29.2 Å². The van der Waals surface area contributed by atoms with Crippen LogP contribution in [0.4, 0.5) is 5.82 Å². The third-order valence-corrected chi connectivity index (χ3v) is 6.12. The number of primary amides is 1. The Morgan fingerprint density at radius 2 is 1.89 bits per heavy atom. The summed E-state index contributed by atoms with van der Waals surface area (Å²) in [5, 5.41) is 0.703. The van der Waals surface area contributed by atoms with Crippen LogP contribution < -0.4 is 10.6 Å². The number of nitrogens with zero attached hydrogens (tertiary/aromatic N) is 3. The summed E-state index contributed by atoms with van der Waals surface area (Å²) in [5.41, 5.74) is 6.97. The molecule has 0 unspecified atom stereocenters. The molecule has 0 bridgehead atoms. The molecule has 0 radical (unpaired) electrons. The Morgan fingerprint density at radius 3 is 2.57 bits per heavy atom. The summed E-state index contributed by atoms with van der Waals surface area (Å²) in [4.78, 5) is 32.5. The Labute approximate surface area is 169 Å². The lowest BCUT2D eigenvalue weighted by atomic mass is 9.77. The van der Waals surface area contributed by atoms with E-state index in [4.69, 9.17) is 17.3 Å². The van der Waals surface area contributed by atoms with Crippen molar-refractivity contribution in [3.05, 3.63) is 58.7 Å². The smallest absolute Gasteiger partial charge is 0.248 e. The minimum absolute atomic E-state index is 0.0291. The molecule has 2 aliphatic rings. The highest BCUT2D eigenvalue weighted by atomic mass is 35.5. The quantitative estimate of drug-likeness (QED) is 0.858. The van der Waals surface area contributed by atoms with Gasteiger partial charge in [-0.05, 0) is 42.7 Å². The highest BCUT2D eigenvalue weighted by Gasteiger charge is 2.44. The number of carbonyl (C=O) groups excluding carboxylic acids is 2. The van der Waals surface area contributed by atoms with E-state index in [9.17, 15) is 9.59 Å². The standard InChI is InChI=1S/C21H23ClN4O2/c22-17-3-1-15(2-4-17)13-26-14-21(12-19(26)27)6-9-25(10-7-21)18-11-16(20(23)28)5-8-24-18/h1-5,8,11H,6-7,9-10,12-14H2,(H2,23,28). The molecule has 2 aliphatic heterocycles. The second kappa shape index (κ2) is 7.43. The van der Waals surface area contributed by atoms with Gasteiger partial charge in [-0.1, -0.05) is 23.7 Å². The lowest BCUT2D eigenvalue weighted by molar-refractivity contribution is -0.128. The Bertz CT molecular complexity index is 892. The molecular formula is C21H23ClN4O2. The number of hydrogen-bond acceptors (Lipinski definition) is 4. The number of piperidine rings is 1. The van der Waals surface area contributed by atoms with Crippen molar-refractivity contribution in [3.8, 4) is 0 Å². The Balaban J connectivity index is 1.40. The lowest BCUT2D eigenvalue weighted by Crippen LogP contribution is -2.42. The van der Waals surface area contributed by atoms with Gasteiger partial charge < -0.3 is 15.5 Å². The highest BCUT2D eigenvalue weighted by Crippen LogP contribution is 2.42. The van der Waals surface area contributed by atoms with E-state index in [0.717, 1.165) is 43.9 Å². The van der Waals surface area contributed by atoms with E-state index in [1.165, 1.54) is 0 Å². The number of carbonyl (C=O) groups is 2. The zero-order chi connectivity index (χ0) is 19.7. The van der Waals surface area contributed by atoms with Crippen molar-refractivity contribution in [2.75, 3.05) is 24.5 Å². The van der Waals surface area contributed by atoms with Crippen LogP contribution in [0.1, 0.15) is 35.2 Å². The summed E-state index contributed by atoms with van der Waals surface area (Å²) >= 11 is 5.95. The van der Waals surface area contributed by atoms with Crippen molar-refractivity contribution in [2.45, 2.75) is 25.8 Å². The summed E-state index contributed by atoms with van der Waals surface area (Å²) < 4.78 is 0. The average molecular weight is 399 g/mol. The van der Waals surface area contributed by atoms with Crippen LogP contribution in [-0.2, 0) is 11.3 Å². The summed E-state index contributed by atoms with van der Waals surface area (Å²) in [6.45, 7) is 3.05. The lowest BCUT2D eigenvalue weighted by Gasteiger charge is -2.39. The van der Waals surface area contributed by atoms with Crippen LogP contribution in [0.2, 0.25) is 5.02 Å². The van der Waals surface area contributed by atoms with Crippen molar-refractivity contribution < 1.29 is 9.59 Å². The molecule has 4 rings (SSSR count). The van der Waals surface area contributed by atoms with Crippen LogP contribution in [0.15, 0.2) is 42.6 Å². The molecule has 1 aromatic carbocycles. The maximum absolute atomic E-state index is 12.6. The molecule has 2 amide bonds. The number of hydrogen-bond donors (Lipinski definition) is 1. The molecule has 28 heavy (non-hydrogen) atoms. The minimum Gasteiger partial charge on any atom is -0.366 e. The van der Waals surface area contributed by atoms with Crippen molar-refractivity contribution in [1.29, 1.82) is 0 Å². The number of aromatic nitrogens is 1. The second-order valence-corrected chi connectivity index (χ2v) is 8.24. The van der Waals surface area contributed by atoms with Gasteiger partial charge in [-0.3, -0.25) is 9.59 Å². The van der Waals surface area contributed by atoms with Crippen LogP contribution >= 0.6 is 11.6 Å². The summed E-state index contributed by atoms with van der Waals surface area (Å²) in [7, 11) is 0. The third-order valence-electron chi connectivity index (χ3n) is 5.87. The Morgan fingerprint density at radius 1 is 1.18 bits per heavy atom. The largest absolute Gasteiger partial charge is 0.366 e. The number of pyridine rings is 1. The van der Waals surface area contributed by atoms with Gasteiger partial charge in [0.05, 0.1) is 0 Å².